The van der Waals surface area contributed by atoms with E-state index < -0.39 is 18.3 Å². The molecular weight excluding hydrogens is 412 g/mol. The Morgan fingerprint density at radius 3 is 2.64 bits per heavy atom. The third-order valence-corrected chi connectivity index (χ3v) is 7.00. The van der Waals surface area contributed by atoms with Gasteiger partial charge < -0.3 is 20.1 Å². The minimum atomic E-state index is -0.631. The molecule has 2 aliphatic carbocycles. The van der Waals surface area contributed by atoms with Crippen LogP contribution in [0.4, 0.5) is 0 Å². The third kappa shape index (κ3) is 7.92. The summed E-state index contributed by atoms with van der Waals surface area (Å²) in [6, 6.07) is 10.0. The van der Waals surface area contributed by atoms with Crippen molar-refractivity contribution in [2.75, 3.05) is 0 Å². The molecule has 0 aliphatic heterocycles. The number of benzene rings is 1. The van der Waals surface area contributed by atoms with Gasteiger partial charge in [-0.15, -0.1) is 0 Å². The Morgan fingerprint density at radius 2 is 1.88 bits per heavy atom. The number of hydrogen-bond donors (Lipinski definition) is 3. The van der Waals surface area contributed by atoms with Crippen molar-refractivity contribution in [2.45, 2.75) is 96.2 Å². The second-order valence-corrected chi connectivity index (χ2v) is 9.80. The number of allylic oxidation sites excluding steroid dienone is 2. The summed E-state index contributed by atoms with van der Waals surface area (Å²) < 4.78 is 6.15. The summed E-state index contributed by atoms with van der Waals surface area (Å²) in [6.45, 7) is 4.68. The molecule has 1 aromatic rings. The summed E-state index contributed by atoms with van der Waals surface area (Å²) in [5, 5.41) is 31.7. The van der Waals surface area contributed by atoms with Gasteiger partial charge in [-0.3, -0.25) is 0 Å². The fourth-order valence-corrected chi connectivity index (χ4v) is 5.14. The lowest BCUT2D eigenvalue weighted by Crippen LogP contribution is -2.43. The van der Waals surface area contributed by atoms with Crippen molar-refractivity contribution < 1.29 is 20.1 Å². The van der Waals surface area contributed by atoms with E-state index in [1.165, 1.54) is 31.3 Å². The first kappa shape index (κ1) is 25.9. The molecule has 33 heavy (non-hydrogen) atoms. The van der Waals surface area contributed by atoms with E-state index in [4.69, 9.17) is 4.74 Å². The van der Waals surface area contributed by atoms with Crippen LogP contribution in [-0.4, -0.2) is 39.7 Å². The topological polar surface area (TPSA) is 69.9 Å². The van der Waals surface area contributed by atoms with E-state index in [-0.39, 0.29) is 17.9 Å². The van der Waals surface area contributed by atoms with Crippen LogP contribution in [0.15, 0.2) is 65.8 Å². The lowest BCUT2D eigenvalue weighted by atomic mass is 9.73. The first-order valence-electron chi connectivity index (χ1n) is 12.7. The minimum absolute atomic E-state index is 0.112. The maximum atomic E-state index is 11.2. The van der Waals surface area contributed by atoms with E-state index in [1.54, 1.807) is 0 Å². The fourth-order valence-electron chi connectivity index (χ4n) is 5.14. The predicted octanol–water partition coefficient (Wildman–Crippen LogP) is 5.48. The smallest absolute Gasteiger partial charge is 0.0881 e. The lowest BCUT2D eigenvalue weighted by molar-refractivity contribution is -0.0821. The Morgan fingerprint density at radius 1 is 1.12 bits per heavy atom. The number of ether oxygens (including phenoxy) is 1. The highest BCUT2D eigenvalue weighted by Crippen LogP contribution is 2.44. The van der Waals surface area contributed by atoms with Gasteiger partial charge in [-0.05, 0) is 37.7 Å². The van der Waals surface area contributed by atoms with Crippen LogP contribution in [0.5, 0.6) is 0 Å². The Labute approximate surface area is 199 Å². The van der Waals surface area contributed by atoms with Crippen LogP contribution in [0.2, 0.25) is 0 Å². The molecule has 2 aliphatic rings. The fraction of sp³-hybridized carbons (Fsp3) is 0.586. The first-order valence-corrected chi connectivity index (χ1v) is 12.7. The van der Waals surface area contributed by atoms with Crippen molar-refractivity contribution in [3.8, 4) is 0 Å². The quantitative estimate of drug-likeness (QED) is 0.222. The molecular formula is C29H42O4. The molecule has 1 saturated carbocycles. The zero-order valence-electron chi connectivity index (χ0n) is 20.3. The molecule has 0 amide bonds. The number of rotatable bonds is 12. The van der Waals surface area contributed by atoms with Gasteiger partial charge in [0.05, 0.1) is 31.0 Å². The van der Waals surface area contributed by atoms with Crippen molar-refractivity contribution in [1.29, 1.82) is 0 Å². The average Bonchev–Trinajstić information content (AvgIpc) is 3.19. The van der Waals surface area contributed by atoms with E-state index in [2.05, 4.69) is 13.0 Å². The molecule has 182 valence electrons. The largest absolute Gasteiger partial charge is 0.390 e. The van der Waals surface area contributed by atoms with Crippen LogP contribution in [0.3, 0.4) is 0 Å². The number of unbranched alkanes of at least 4 members (excludes halogenated alkanes) is 4. The molecule has 4 nitrogen and oxygen atoms in total. The van der Waals surface area contributed by atoms with Crippen LogP contribution in [0, 0.1) is 11.8 Å². The SMILES string of the molecule is CCCCCCC[C@@H](O)/C=C/C(C)=C\[C@H]1[C@@H](O)[C@H](OCc2ccccc2)CC2=CC(O)C[C@H]21. The summed E-state index contributed by atoms with van der Waals surface area (Å²) in [5.74, 6) is 0.0252. The number of hydrogen-bond acceptors (Lipinski definition) is 4. The van der Waals surface area contributed by atoms with Gasteiger partial charge >= 0.3 is 0 Å². The lowest BCUT2D eigenvalue weighted by Gasteiger charge is -2.39. The molecule has 6 atom stereocenters. The summed E-state index contributed by atoms with van der Waals surface area (Å²) in [6.07, 6.45) is 14.1. The Balaban J connectivity index is 1.61. The van der Waals surface area contributed by atoms with Crippen molar-refractivity contribution >= 4 is 0 Å². The molecule has 0 saturated heterocycles. The van der Waals surface area contributed by atoms with Gasteiger partial charge in [-0.25, -0.2) is 0 Å². The molecule has 0 aromatic heterocycles. The summed E-state index contributed by atoms with van der Waals surface area (Å²) >= 11 is 0. The highest BCUT2D eigenvalue weighted by molar-refractivity contribution is 5.28. The Hall–Kier alpha value is -1.72. The van der Waals surface area contributed by atoms with E-state index in [0.29, 0.717) is 19.4 Å². The van der Waals surface area contributed by atoms with Crippen molar-refractivity contribution in [1.82, 2.24) is 0 Å². The molecule has 0 spiro atoms. The van der Waals surface area contributed by atoms with Crippen molar-refractivity contribution in [2.24, 2.45) is 11.8 Å². The van der Waals surface area contributed by atoms with Crippen LogP contribution >= 0.6 is 0 Å². The number of aliphatic hydroxyl groups excluding tert-OH is 3. The molecule has 4 heteroatoms. The number of fused-ring (bicyclic) bond motifs is 1. The zero-order chi connectivity index (χ0) is 23.6. The minimum Gasteiger partial charge on any atom is -0.390 e. The second-order valence-electron chi connectivity index (χ2n) is 9.80. The van der Waals surface area contributed by atoms with Gasteiger partial charge in [0, 0.05) is 5.92 Å². The van der Waals surface area contributed by atoms with Gasteiger partial charge in [0.2, 0.25) is 0 Å². The molecule has 1 unspecified atom stereocenters. The predicted molar refractivity (Wildman–Crippen MR) is 134 cm³/mol. The zero-order valence-corrected chi connectivity index (χ0v) is 20.3. The normalized spacial score (nSPS) is 28.7. The van der Waals surface area contributed by atoms with E-state index >= 15 is 0 Å². The summed E-state index contributed by atoms with van der Waals surface area (Å²) in [4.78, 5) is 0. The maximum absolute atomic E-state index is 11.2. The first-order chi connectivity index (χ1) is 16.0. The van der Waals surface area contributed by atoms with Crippen molar-refractivity contribution in [3.05, 3.63) is 71.3 Å². The standard InChI is InChI=1S/C29H42O4/c1-3-4-5-6-10-13-24(30)15-14-21(2)16-27-26-19-25(31)17-23(26)18-28(29(27)32)33-20-22-11-8-7-9-12-22/h7-9,11-12,14-17,24-32H,3-6,10,13,18-20H2,1-2H3/b15-14+,21-16-/t24-,25?,26-,27-,28-,29-/m1/s1. The third-order valence-electron chi connectivity index (χ3n) is 7.00. The molecule has 0 bridgehead atoms. The van der Waals surface area contributed by atoms with Crippen LogP contribution < -0.4 is 0 Å². The average molecular weight is 455 g/mol. The molecule has 0 radical (unpaired) electrons. The van der Waals surface area contributed by atoms with Gasteiger partial charge in [0.15, 0.2) is 0 Å². The molecule has 3 rings (SSSR count). The molecule has 0 heterocycles. The summed E-state index contributed by atoms with van der Waals surface area (Å²) in [5.41, 5.74) is 3.30. The van der Waals surface area contributed by atoms with Gasteiger partial charge in [0.1, 0.15) is 0 Å². The van der Waals surface area contributed by atoms with Crippen LogP contribution in [0.1, 0.15) is 70.8 Å². The second kappa shape index (κ2) is 13.2. The van der Waals surface area contributed by atoms with Gasteiger partial charge in [-0.2, -0.15) is 0 Å². The molecule has 1 aromatic carbocycles. The maximum Gasteiger partial charge on any atom is 0.0881 e. The Kier molecular flexibility index (Phi) is 10.4. The van der Waals surface area contributed by atoms with Crippen LogP contribution in [0.25, 0.3) is 0 Å². The van der Waals surface area contributed by atoms with Gasteiger partial charge in [-0.1, -0.05) is 105 Å². The Bertz CT molecular complexity index is 797. The summed E-state index contributed by atoms with van der Waals surface area (Å²) in [7, 11) is 0. The number of aliphatic hydroxyl groups is 3. The monoisotopic (exact) mass is 454 g/mol. The van der Waals surface area contributed by atoms with Crippen molar-refractivity contribution in [3.63, 3.8) is 0 Å². The van der Waals surface area contributed by atoms with Crippen LogP contribution in [-0.2, 0) is 11.3 Å². The van der Waals surface area contributed by atoms with E-state index in [9.17, 15) is 15.3 Å². The molecule has 1 fully saturated rings. The van der Waals surface area contributed by atoms with E-state index in [1.807, 2.05) is 55.5 Å². The molecule has 3 N–H and O–H groups in total. The van der Waals surface area contributed by atoms with Gasteiger partial charge in [0.25, 0.3) is 0 Å². The highest BCUT2D eigenvalue weighted by Gasteiger charge is 2.43. The van der Waals surface area contributed by atoms with E-state index in [0.717, 1.165) is 24.0 Å². The highest BCUT2D eigenvalue weighted by atomic mass is 16.5.